The van der Waals surface area contributed by atoms with Gasteiger partial charge in [0.1, 0.15) is 5.69 Å². The van der Waals surface area contributed by atoms with E-state index in [1.165, 1.54) is 0 Å². The summed E-state index contributed by atoms with van der Waals surface area (Å²) in [7, 11) is -1.64. The van der Waals surface area contributed by atoms with E-state index >= 15 is 0 Å². The molecule has 0 aliphatic heterocycles. The average Bonchev–Trinajstić information content (AvgIpc) is 2.93. The molecule has 0 bridgehead atoms. The topological polar surface area (TPSA) is 68.2 Å². The summed E-state index contributed by atoms with van der Waals surface area (Å²) in [4.78, 5) is 12.5. The molecule has 1 aromatic heterocycles. The lowest BCUT2D eigenvalue weighted by atomic mass is 10.2. The number of benzene rings is 1. The van der Waals surface area contributed by atoms with Gasteiger partial charge in [0.2, 0.25) is 0 Å². The van der Waals surface area contributed by atoms with Crippen LogP contribution >= 0.6 is 0 Å². The second-order valence-electron chi connectivity index (χ2n) is 5.18. The molecule has 118 valence electrons. The highest BCUT2D eigenvalue weighted by molar-refractivity contribution is 7.91. The van der Waals surface area contributed by atoms with Gasteiger partial charge in [0.25, 0.3) is 5.91 Å². The number of rotatable bonds is 6. The predicted molar refractivity (Wildman–Crippen MR) is 85.5 cm³/mol. The fraction of sp³-hybridized carbons (Fsp3) is 0.312. The van der Waals surface area contributed by atoms with E-state index in [9.17, 15) is 13.2 Å². The van der Waals surface area contributed by atoms with Crippen LogP contribution in [0.1, 0.15) is 23.8 Å². The molecule has 6 heteroatoms. The Hall–Kier alpha value is -2.08. The first kappa shape index (κ1) is 16.3. The number of nitrogens with one attached hydrogen (secondary N) is 1. The van der Waals surface area contributed by atoms with Crippen LogP contribution in [0.5, 0.6) is 0 Å². The van der Waals surface area contributed by atoms with Crippen molar-refractivity contribution < 1.29 is 13.2 Å². The first-order valence-electron chi connectivity index (χ1n) is 7.14. The molecule has 1 atom stereocenters. The van der Waals surface area contributed by atoms with Gasteiger partial charge in [-0.05, 0) is 30.7 Å². The Labute approximate surface area is 130 Å². The molecule has 0 radical (unpaired) electrons. The minimum atomic E-state index is -3.42. The molecule has 1 N–H and O–H groups in total. The van der Waals surface area contributed by atoms with E-state index < -0.39 is 15.9 Å². The lowest BCUT2D eigenvalue weighted by Gasteiger charge is -2.17. The third-order valence-corrected chi connectivity index (χ3v) is 5.36. The second-order valence-corrected chi connectivity index (χ2v) is 7.21. The number of sulfone groups is 1. The van der Waals surface area contributed by atoms with Crippen molar-refractivity contribution in [3.05, 3.63) is 54.4 Å². The summed E-state index contributed by atoms with van der Waals surface area (Å²) in [5.74, 6) is -0.369. The highest BCUT2D eigenvalue weighted by Gasteiger charge is 2.22. The van der Waals surface area contributed by atoms with Crippen LogP contribution in [0.4, 0.5) is 0 Å². The Kier molecular flexibility index (Phi) is 5.03. The fourth-order valence-corrected chi connectivity index (χ4v) is 3.82. The van der Waals surface area contributed by atoms with Gasteiger partial charge in [-0.15, -0.1) is 0 Å². The van der Waals surface area contributed by atoms with Gasteiger partial charge in [-0.2, -0.15) is 0 Å². The van der Waals surface area contributed by atoms with Crippen LogP contribution < -0.4 is 5.32 Å². The maximum atomic E-state index is 12.4. The van der Waals surface area contributed by atoms with Crippen LogP contribution in [-0.2, 0) is 16.9 Å². The molecule has 22 heavy (non-hydrogen) atoms. The normalized spacial score (nSPS) is 12.8. The van der Waals surface area contributed by atoms with Gasteiger partial charge in [-0.1, -0.05) is 25.1 Å². The quantitative estimate of drug-likeness (QED) is 0.885. The molecular weight excluding hydrogens is 300 g/mol. The van der Waals surface area contributed by atoms with E-state index in [0.29, 0.717) is 12.1 Å². The van der Waals surface area contributed by atoms with Gasteiger partial charge < -0.3 is 9.88 Å². The zero-order valence-corrected chi connectivity index (χ0v) is 13.5. The SMILES string of the molecule is CC[C@@H](CS(=O)(=O)c1ccccc1)NC(=O)c1cccn1C. The summed E-state index contributed by atoms with van der Waals surface area (Å²) >= 11 is 0. The average molecular weight is 320 g/mol. The van der Waals surface area contributed by atoms with Crippen LogP contribution in [-0.4, -0.2) is 30.7 Å². The molecular formula is C16H20N2O3S. The van der Waals surface area contributed by atoms with Gasteiger partial charge >= 0.3 is 0 Å². The van der Waals surface area contributed by atoms with Crippen LogP contribution in [0.3, 0.4) is 0 Å². The molecule has 0 aliphatic rings. The van der Waals surface area contributed by atoms with Crippen molar-refractivity contribution in [2.75, 3.05) is 5.75 Å². The number of carbonyl (C=O) groups is 1. The molecule has 1 amide bonds. The van der Waals surface area contributed by atoms with Gasteiger partial charge in [-0.3, -0.25) is 4.79 Å². The maximum Gasteiger partial charge on any atom is 0.268 e. The van der Waals surface area contributed by atoms with Crippen molar-refractivity contribution in [3.63, 3.8) is 0 Å². The molecule has 0 fully saturated rings. The second kappa shape index (κ2) is 6.79. The summed E-state index contributed by atoms with van der Waals surface area (Å²) < 4.78 is 26.5. The Bertz CT molecular complexity index is 736. The largest absolute Gasteiger partial charge is 0.347 e. The third-order valence-electron chi connectivity index (χ3n) is 3.53. The number of aryl methyl sites for hydroxylation is 1. The number of aromatic nitrogens is 1. The van der Waals surface area contributed by atoms with Crippen molar-refractivity contribution in [2.24, 2.45) is 7.05 Å². The van der Waals surface area contributed by atoms with Crippen LogP contribution in [0.15, 0.2) is 53.6 Å². The zero-order valence-electron chi connectivity index (χ0n) is 12.7. The molecule has 2 aromatic rings. The summed E-state index contributed by atoms with van der Waals surface area (Å²) in [6.07, 6.45) is 2.32. The predicted octanol–water partition coefficient (Wildman–Crippen LogP) is 2.01. The number of nitrogens with zero attached hydrogens (tertiary/aromatic N) is 1. The van der Waals surface area contributed by atoms with Crippen LogP contribution in [0, 0.1) is 0 Å². The third kappa shape index (κ3) is 3.76. The Morgan fingerprint density at radius 1 is 1.18 bits per heavy atom. The molecule has 1 aromatic carbocycles. The number of carbonyl (C=O) groups excluding carboxylic acids is 1. The van der Waals surface area contributed by atoms with E-state index in [0.717, 1.165) is 0 Å². The van der Waals surface area contributed by atoms with Gasteiger partial charge in [-0.25, -0.2) is 8.42 Å². The zero-order chi connectivity index (χ0) is 16.2. The fourth-order valence-electron chi connectivity index (χ4n) is 2.21. The lowest BCUT2D eigenvalue weighted by Crippen LogP contribution is -2.40. The summed E-state index contributed by atoms with van der Waals surface area (Å²) in [6.45, 7) is 1.86. The van der Waals surface area contributed by atoms with Crippen molar-refractivity contribution in [1.82, 2.24) is 9.88 Å². The summed E-state index contributed by atoms with van der Waals surface area (Å²) in [5.41, 5.74) is 0.510. The highest BCUT2D eigenvalue weighted by Crippen LogP contribution is 2.13. The van der Waals surface area contributed by atoms with E-state index in [4.69, 9.17) is 0 Å². The van der Waals surface area contributed by atoms with Crippen molar-refractivity contribution >= 4 is 15.7 Å². The van der Waals surface area contributed by atoms with E-state index in [1.807, 2.05) is 6.92 Å². The standard InChI is InChI=1S/C16H20N2O3S/c1-3-13(17-16(19)15-10-7-11-18(15)2)12-22(20,21)14-8-5-4-6-9-14/h4-11,13H,3,12H2,1-2H3,(H,17,19)/t13-/m0/s1. The highest BCUT2D eigenvalue weighted by atomic mass is 32.2. The number of hydrogen-bond acceptors (Lipinski definition) is 3. The Morgan fingerprint density at radius 2 is 1.86 bits per heavy atom. The molecule has 0 unspecified atom stereocenters. The van der Waals surface area contributed by atoms with Gasteiger partial charge in [0.15, 0.2) is 9.84 Å². The molecule has 5 nitrogen and oxygen atoms in total. The lowest BCUT2D eigenvalue weighted by molar-refractivity contribution is 0.0931. The Morgan fingerprint density at radius 3 is 2.41 bits per heavy atom. The van der Waals surface area contributed by atoms with Crippen LogP contribution in [0.25, 0.3) is 0 Å². The first-order valence-corrected chi connectivity index (χ1v) is 8.79. The van der Waals surface area contributed by atoms with Crippen molar-refractivity contribution in [2.45, 2.75) is 24.3 Å². The maximum absolute atomic E-state index is 12.4. The van der Waals surface area contributed by atoms with E-state index in [-0.39, 0.29) is 16.6 Å². The van der Waals surface area contributed by atoms with Gasteiger partial charge in [0, 0.05) is 19.3 Å². The van der Waals surface area contributed by atoms with E-state index in [1.54, 1.807) is 60.3 Å². The Balaban J connectivity index is 2.10. The molecule has 0 saturated carbocycles. The molecule has 0 saturated heterocycles. The minimum absolute atomic E-state index is 0.107. The molecule has 0 aliphatic carbocycles. The van der Waals surface area contributed by atoms with E-state index in [2.05, 4.69) is 5.32 Å². The summed E-state index contributed by atoms with van der Waals surface area (Å²) in [5, 5.41) is 2.80. The van der Waals surface area contributed by atoms with Crippen molar-refractivity contribution in [3.8, 4) is 0 Å². The molecule has 2 rings (SSSR count). The monoisotopic (exact) mass is 320 g/mol. The van der Waals surface area contributed by atoms with Gasteiger partial charge in [0.05, 0.1) is 10.6 Å². The van der Waals surface area contributed by atoms with Crippen molar-refractivity contribution in [1.29, 1.82) is 0 Å². The molecule has 0 spiro atoms. The molecule has 1 heterocycles. The first-order chi connectivity index (χ1) is 10.4. The summed E-state index contributed by atoms with van der Waals surface area (Å²) in [6, 6.07) is 11.3. The van der Waals surface area contributed by atoms with Crippen LogP contribution in [0.2, 0.25) is 0 Å². The minimum Gasteiger partial charge on any atom is -0.347 e. The smallest absolute Gasteiger partial charge is 0.268 e. The number of hydrogen-bond donors (Lipinski definition) is 1. The number of amides is 1.